The molecule has 0 aliphatic heterocycles. The lowest BCUT2D eigenvalue weighted by atomic mass is 9.76. The van der Waals surface area contributed by atoms with Crippen molar-refractivity contribution in [3.8, 4) is 0 Å². The molecule has 0 bridgehead atoms. The van der Waals surface area contributed by atoms with E-state index in [-0.39, 0.29) is 5.41 Å². The zero-order chi connectivity index (χ0) is 15.1. The third-order valence-corrected chi connectivity index (χ3v) is 4.07. The van der Waals surface area contributed by atoms with Crippen LogP contribution in [-0.2, 0) is 12.0 Å². The van der Waals surface area contributed by atoms with E-state index in [0.29, 0.717) is 18.1 Å². The summed E-state index contributed by atoms with van der Waals surface area (Å²) in [5.41, 5.74) is 3.24. The Labute approximate surface area is 129 Å². The summed E-state index contributed by atoms with van der Waals surface area (Å²) in [6.45, 7) is 3.27. The van der Waals surface area contributed by atoms with Crippen LogP contribution in [0.2, 0.25) is 5.02 Å². The molecular formula is C15H21ClN4O. The van der Waals surface area contributed by atoms with E-state index >= 15 is 0 Å². The van der Waals surface area contributed by atoms with Crippen molar-refractivity contribution < 1.29 is 5.21 Å². The van der Waals surface area contributed by atoms with E-state index in [0.717, 1.165) is 24.8 Å². The molecule has 0 radical (unpaired) electrons. The number of nitrogens with one attached hydrogen (secondary N) is 1. The average molecular weight is 309 g/mol. The second-order valence-electron chi connectivity index (χ2n) is 5.32. The van der Waals surface area contributed by atoms with E-state index in [9.17, 15) is 5.21 Å². The van der Waals surface area contributed by atoms with Gasteiger partial charge in [-0.25, -0.2) is 10.5 Å². The van der Waals surface area contributed by atoms with Crippen molar-refractivity contribution in [3.63, 3.8) is 0 Å². The lowest BCUT2D eigenvalue weighted by Gasteiger charge is -2.34. The molecule has 0 fully saturated rings. The number of nitrogens with zero attached hydrogens (tertiary/aromatic N) is 3. The third-order valence-electron chi connectivity index (χ3n) is 3.81. The minimum atomic E-state index is -0.247. The van der Waals surface area contributed by atoms with Crippen molar-refractivity contribution in [1.29, 1.82) is 0 Å². The topological polar surface area (TPSA) is 63.0 Å². The molecule has 2 aromatic rings. The van der Waals surface area contributed by atoms with E-state index in [4.69, 9.17) is 11.6 Å². The van der Waals surface area contributed by atoms with Gasteiger partial charge in [0.15, 0.2) is 0 Å². The molecule has 2 N–H and O–H groups in total. The smallest absolute Gasteiger partial charge is 0.137 e. The highest BCUT2D eigenvalue weighted by Crippen LogP contribution is 2.32. The molecule has 0 aliphatic rings. The monoisotopic (exact) mass is 308 g/mol. The van der Waals surface area contributed by atoms with Gasteiger partial charge in [0.25, 0.3) is 0 Å². The summed E-state index contributed by atoms with van der Waals surface area (Å²) in [6, 6.07) is 7.81. The molecule has 0 amide bonds. The number of hydrogen-bond acceptors (Lipinski definition) is 4. The molecule has 0 aliphatic carbocycles. The van der Waals surface area contributed by atoms with Gasteiger partial charge in [-0.15, -0.1) is 0 Å². The van der Waals surface area contributed by atoms with Crippen molar-refractivity contribution >= 4 is 11.6 Å². The van der Waals surface area contributed by atoms with Gasteiger partial charge in [-0.05, 0) is 24.1 Å². The summed E-state index contributed by atoms with van der Waals surface area (Å²) in [4.78, 5) is 4.00. The van der Waals surface area contributed by atoms with Crippen molar-refractivity contribution in [2.45, 2.75) is 38.1 Å². The van der Waals surface area contributed by atoms with Gasteiger partial charge in [-0.1, -0.05) is 43.5 Å². The van der Waals surface area contributed by atoms with Gasteiger partial charge in [0.05, 0.1) is 6.54 Å². The van der Waals surface area contributed by atoms with Gasteiger partial charge in [-0.3, -0.25) is 4.68 Å². The van der Waals surface area contributed by atoms with Crippen molar-refractivity contribution in [1.82, 2.24) is 20.2 Å². The second kappa shape index (κ2) is 7.54. The maximum absolute atomic E-state index is 9.32. The van der Waals surface area contributed by atoms with E-state index < -0.39 is 0 Å². The molecule has 1 heterocycles. The molecule has 21 heavy (non-hydrogen) atoms. The first kappa shape index (κ1) is 15.9. The number of unbranched alkanes of at least 4 members (excludes halogenated alkanes) is 1. The average Bonchev–Trinajstić information content (AvgIpc) is 2.98. The lowest BCUT2D eigenvalue weighted by Crippen LogP contribution is -2.41. The fourth-order valence-corrected chi connectivity index (χ4v) is 2.78. The van der Waals surface area contributed by atoms with Gasteiger partial charge >= 0.3 is 0 Å². The van der Waals surface area contributed by atoms with Crippen LogP contribution < -0.4 is 5.48 Å². The van der Waals surface area contributed by atoms with Crippen LogP contribution in [-0.4, -0.2) is 26.5 Å². The van der Waals surface area contributed by atoms with E-state index in [1.807, 2.05) is 28.9 Å². The molecular weight excluding hydrogens is 288 g/mol. The maximum Gasteiger partial charge on any atom is 0.137 e. The SMILES string of the molecule is CCCCC(CNO)(Cn1cncn1)c1ccc(Cl)cc1. The van der Waals surface area contributed by atoms with Crippen LogP contribution in [0.15, 0.2) is 36.9 Å². The predicted molar refractivity (Wildman–Crippen MR) is 82.5 cm³/mol. The van der Waals surface area contributed by atoms with Crippen molar-refractivity contribution in [2.75, 3.05) is 6.54 Å². The summed E-state index contributed by atoms with van der Waals surface area (Å²) in [5, 5.41) is 14.2. The Morgan fingerprint density at radius 2 is 2.10 bits per heavy atom. The van der Waals surface area contributed by atoms with Crippen molar-refractivity contribution in [2.24, 2.45) is 0 Å². The normalized spacial score (nSPS) is 14.0. The van der Waals surface area contributed by atoms with Crippen LogP contribution in [0.5, 0.6) is 0 Å². The Morgan fingerprint density at radius 3 is 2.67 bits per heavy atom. The van der Waals surface area contributed by atoms with Crippen LogP contribution in [0.3, 0.4) is 0 Å². The van der Waals surface area contributed by atoms with Crippen LogP contribution in [0.25, 0.3) is 0 Å². The van der Waals surface area contributed by atoms with Crippen LogP contribution in [0.1, 0.15) is 31.7 Å². The minimum Gasteiger partial charge on any atom is -0.317 e. The van der Waals surface area contributed by atoms with E-state index in [1.54, 1.807) is 6.33 Å². The Kier molecular flexibility index (Phi) is 5.73. The summed E-state index contributed by atoms with van der Waals surface area (Å²) < 4.78 is 1.81. The molecule has 0 saturated carbocycles. The molecule has 0 spiro atoms. The minimum absolute atomic E-state index is 0.247. The zero-order valence-electron chi connectivity index (χ0n) is 12.2. The van der Waals surface area contributed by atoms with Crippen molar-refractivity contribution in [3.05, 3.63) is 47.5 Å². The molecule has 1 aromatic carbocycles. The number of hydroxylamine groups is 1. The van der Waals surface area contributed by atoms with Crippen LogP contribution in [0.4, 0.5) is 0 Å². The summed E-state index contributed by atoms with van der Waals surface area (Å²) in [6.07, 6.45) is 6.34. The van der Waals surface area contributed by atoms with E-state index in [1.165, 1.54) is 6.33 Å². The highest BCUT2D eigenvalue weighted by atomic mass is 35.5. The predicted octanol–water partition coefficient (Wildman–Crippen LogP) is 3.04. The summed E-state index contributed by atoms with van der Waals surface area (Å²) in [5.74, 6) is 0. The maximum atomic E-state index is 9.32. The first-order valence-corrected chi connectivity index (χ1v) is 7.53. The molecule has 114 valence electrons. The van der Waals surface area contributed by atoms with E-state index in [2.05, 4.69) is 22.5 Å². The molecule has 1 aromatic heterocycles. The van der Waals surface area contributed by atoms with Crippen LogP contribution >= 0.6 is 11.6 Å². The zero-order valence-corrected chi connectivity index (χ0v) is 12.9. The highest BCUT2D eigenvalue weighted by Gasteiger charge is 2.32. The number of halogens is 1. The molecule has 5 nitrogen and oxygen atoms in total. The summed E-state index contributed by atoms with van der Waals surface area (Å²) in [7, 11) is 0. The second-order valence-corrected chi connectivity index (χ2v) is 5.76. The fraction of sp³-hybridized carbons (Fsp3) is 0.467. The number of rotatable bonds is 8. The standard InChI is InChI=1S/C15H21ClN4O/c1-2-3-8-15(9-19-21,10-20-12-17-11-18-20)13-4-6-14(16)7-5-13/h4-7,11-12,19,21H,2-3,8-10H2,1H3. The van der Waals surface area contributed by atoms with Gasteiger partial charge in [-0.2, -0.15) is 5.10 Å². The molecule has 2 rings (SSSR count). The molecule has 6 heteroatoms. The Balaban J connectivity index is 2.35. The number of benzene rings is 1. The third kappa shape index (κ3) is 4.03. The van der Waals surface area contributed by atoms with Gasteiger partial charge < -0.3 is 5.21 Å². The Morgan fingerprint density at radius 1 is 1.33 bits per heavy atom. The van der Waals surface area contributed by atoms with Gasteiger partial charge in [0.1, 0.15) is 12.7 Å². The lowest BCUT2D eigenvalue weighted by molar-refractivity contribution is 0.125. The quantitative estimate of drug-likeness (QED) is 0.736. The molecule has 1 unspecified atom stereocenters. The number of hydrogen-bond donors (Lipinski definition) is 2. The molecule has 1 atom stereocenters. The van der Waals surface area contributed by atoms with Gasteiger partial charge in [0, 0.05) is 17.0 Å². The fourth-order valence-electron chi connectivity index (χ4n) is 2.66. The largest absolute Gasteiger partial charge is 0.317 e. The Bertz CT molecular complexity index is 529. The van der Waals surface area contributed by atoms with Gasteiger partial charge in [0.2, 0.25) is 0 Å². The first-order valence-electron chi connectivity index (χ1n) is 7.15. The highest BCUT2D eigenvalue weighted by molar-refractivity contribution is 6.30. The molecule has 0 saturated heterocycles. The van der Waals surface area contributed by atoms with Crippen LogP contribution in [0, 0.1) is 0 Å². The Hall–Kier alpha value is -1.43. The summed E-state index contributed by atoms with van der Waals surface area (Å²) >= 11 is 5.99. The number of aromatic nitrogens is 3. The first-order chi connectivity index (χ1) is 10.2.